The molecular weight excluding hydrogens is 346 g/mol. The number of carbonyl (C=O) groups excluding carboxylic acids is 1. The lowest BCUT2D eigenvalue weighted by molar-refractivity contribution is 0.0503. The minimum atomic E-state index is -0.390. The Bertz CT molecular complexity index is 835. The lowest BCUT2D eigenvalue weighted by atomic mass is 10.1. The number of esters is 1. The first-order valence-corrected chi connectivity index (χ1v) is 9.51. The van der Waals surface area contributed by atoms with E-state index >= 15 is 0 Å². The van der Waals surface area contributed by atoms with Crippen LogP contribution < -0.4 is 0 Å². The predicted octanol–water partition coefficient (Wildman–Crippen LogP) is 4.81. The summed E-state index contributed by atoms with van der Waals surface area (Å²) < 4.78 is 10.9. The summed E-state index contributed by atoms with van der Waals surface area (Å²) in [4.78, 5) is 17.9. The van der Waals surface area contributed by atoms with E-state index in [1.807, 2.05) is 60.9 Å². The number of ether oxygens (including phenoxy) is 2. The molecule has 3 rings (SSSR count). The van der Waals surface area contributed by atoms with Crippen molar-refractivity contribution in [3.8, 4) is 0 Å². The van der Waals surface area contributed by atoms with E-state index in [2.05, 4.69) is 4.98 Å². The Hall–Kier alpha value is -2.66. The molecule has 0 radical (unpaired) electrons. The molecule has 2 aromatic rings. The Balaban J connectivity index is 1.66. The molecule has 1 aliphatic carbocycles. The van der Waals surface area contributed by atoms with Crippen molar-refractivity contribution in [2.45, 2.75) is 19.8 Å². The first-order chi connectivity index (χ1) is 12.8. The molecular formula is C21H21NO3S. The largest absolute Gasteiger partial charge is 0.494 e. The van der Waals surface area contributed by atoms with Crippen LogP contribution in [-0.4, -0.2) is 24.2 Å². The van der Waals surface area contributed by atoms with Crippen LogP contribution in [0.25, 0.3) is 5.57 Å². The minimum Gasteiger partial charge on any atom is -0.494 e. The van der Waals surface area contributed by atoms with Crippen LogP contribution in [-0.2, 0) is 15.9 Å². The van der Waals surface area contributed by atoms with Gasteiger partial charge in [-0.25, -0.2) is 9.78 Å². The molecule has 0 fully saturated rings. The van der Waals surface area contributed by atoms with Crippen LogP contribution in [0, 0.1) is 0 Å². The number of nitrogens with zero attached hydrogens (tertiary/aromatic N) is 1. The van der Waals surface area contributed by atoms with Crippen LogP contribution in [0.1, 0.15) is 34.4 Å². The normalized spacial score (nSPS) is 13.6. The number of hydrogen-bond donors (Lipinski definition) is 0. The van der Waals surface area contributed by atoms with Gasteiger partial charge in [0.1, 0.15) is 11.5 Å². The second-order valence-electron chi connectivity index (χ2n) is 5.67. The molecule has 0 amide bonds. The van der Waals surface area contributed by atoms with E-state index in [1.165, 1.54) is 4.88 Å². The van der Waals surface area contributed by atoms with Gasteiger partial charge in [-0.1, -0.05) is 24.3 Å². The van der Waals surface area contributed by atoms with Crippen LogP contribution in [0.15, 0.2) is 65.8 Å². The van der Waals surface area contributed by atoms with Gasteiger partial charge in [-0.05, 0) is 54.6 Å². The van der Waals surface area contributed by atoms with E-state index in [0.29, 0.717) is 18.9 Å². The van der Waals surface area contributed by atoms with Crippen molar-refractivity contribution in [2.75, 3.05) is 13.2 Å². The molecule has 0 saturated heterocycles. The fourth-order valence-corrected chi connectivity index (χ4v) is 3.25. The zero-order valence-electron chi connectivity index (χ0n) is 14.7. The average Bonchev–Trinajstić information content (AvgIpc) is 3.07. The van der Waals surface area contributed by atoms with Crippen molar-refractivity contribution < 1.29 is 14.3 Å². The molecule has 2 heterocycles. The number of thiophene rings is 1. The molecule has 26 heavy (non-hydrogen) atoms. The van der Waals surface area contributed by atoms with Gasteiger partial charge in [-0.2, -0.15) is 0 Å². The highest BCUT2D eigenvalue weighted by atomic mass is 32.1. The van der Waals surface area contributed by atoms with Gasteiger partial charge in [0.2, 0.25) is 0 Å². The molecule has 2 aromatic heterocycles. The number of aromatic nitrogens is 1. The summed E-state index contributed by atoms with van der Waals surface area (Å²) in [6.45, 7) is 2.95. The molecule has 0 aliphatic heterocycles. The second-order valence-corrected chi connectivity index (χ2v) is 6.71. The lowest BCUT2D eigenvalue weighted by Gasteiger charge is -2.07. The topological polar surface area (TPSA) is 48.4 Å². The van der Waals surface area contributed by atoms with Crippen LogP contribution in [0.2, 0.25) is 0 Å². The zero-order chi connectivity index (χ0) is 18.2. The van der Waals surface area contributed by atoms with Crippen molar-refractivity contribution in [1.29, 1.82) is 0 Å². The molecule has 4 nitrogen and oxygen atoms in total. The molecule has 134 valence electrons. The van der Waals surface area contributed by atoms with Gasteiger partial charge in [-0.15, -0.1) is 11.3 Å². The molecule has 0 saturated carbocycles. The second kappa shape index (κ2) is 9.15. The molecule has 0 spiro atoms. The number of pyridine rings is 1. The fourth-order valence-electron chi connectivity index (χ4n) is 2.56. The number of hydrogen-bond acceptors (Lipinski definition) is 5. The van der Waals surface area contributed by atoms with Crippen LogP contribution in [0.3, 0.4) is 0 Å². The fraction of sp³-hybridized carbons (Fsp3) is 0.238. The standard InChI is InChI=1S/C21H21NO3S/c1-2-24-17-7-3-6-16(11-12-17)19-9-4-10-20(22-19)21(23)25-14-13-18-8-5-15-26-18/h3-5,7-12,15H,2,6,13-14H2,1H3. The Kier molecular flexibility index (Phi) is 6.39. The Labute approximate surface area is 157 Å². The van der Waals surface area contributed by atoms with Crippen molar-refractivity contribution in [3.63, 3.8) is 0 Å². The van der Waals surface area contributed by atoms with Crippen LogP contribution >= 0.6 is 11.3 Å². The van der Waals surface area contributed by atoms with Crippen molar-refractivity contribution in [3.05, 3.63) is 82.0 Å². The van der Waals surface area contributed by atoms with E-state index in [4.69, 9.17) is 9.47 Å². The average molecular weight is 367 g/mol. The maximum atomic E-state index is 12.3. The third-order valence-corrected chi connectivity index (χ3v) is 4.76. The summed E-state index contributed by atoms with van der Waals surface area (Å²) >= 11 is 1.66. The Morgan fingerprint density at radius 3 is 2.96 bits per heavy atom. The van der Waals surface area contributed by atoms with E-state index in [-0.39, 0.29) is 0 Å². The lowest BCUT2D eigenvalue weighted by Crippen LogP contribution is -2.10. The highest BCUT2D eigenvalue weighted by Gasteiger charge is 2.12. The van der Waals surface area contributed by atoms with Crippen LogP contribution in [0.5, 0.6) is 0 Å². The van der Waals surface area contributed by atoms with Gasteiger partial charge >= 0.3 is 5.97 Å². The SMILES string of the molecule is CCOC1=CC=C(c2cccc(C(=O)OCCc3cccs3)n2)CC=C1. The third-order valence-electron chi connectivity index (χ3n) is 3.83. The maximum Gasteiger partial charge on any atom is 0.356 e. The van der Waals surface area contributed by atoms with E-state index in [1.54, 1.807) is 17.4 Å². The number of carbonyl (C=O) groups is 1. The Morgan fingerprint density at radius 1 is 1.23 bits per heavy atom. The molecule has 0 bridgehead atoms. The summed E-state index contributed by atoms with van der Waals surface area (Å²) in [6.07, 6.45) is 9.36. The quantitative estimate of drug-likeness (QED) is 0.659. The number of rotatable bonds is 7. The summed E-state index contributed by atoms with van der Waals surface area (Å²) in [5, 5.41) is 2.02. The van der Waals surface area contributed by atoms with Crippen molar-refractivity contribution in [2.24, 2.45) is 0 Å². The summed E-state index contributed by atoms with van der Waals surface area (Å²) in [6, 6.07) is 9.45. The van der Waals surface area contributed by atoms with E-state index in [9.17, 15) is 4.79 Å². The monoisotopic (exact) mass is 367 g/mol. The van der Waals surface area contributed by atoms with Gasteiger partial charge in [0, 0.05) is 11.3 Å². The predicted molar refractivity (Wildman–Crippen MR) is 104 cm³/mol. The van der Waals surface area contributed by atoms with Gasteiger partial charge < -0.3 is 9.47 Å². The molecule has 0 N–H and O–H groups in total. The zero-order valence-corrected chi connectivity index (χ0v) is 15.5. The van der Waals surface area contributed by atoms with Crippen molar-refractivity contribution in [1.82, 2.24) is 4.98 Å². The van der Waals surface area contributed by atoms with Gasteiger partial charge in [0.15, 0.2) is 0 Å². The molecule has 1 aliphatic rings. The molecule has 5 heteroatoms. The Morgan fingerprint density at radius 2 is 2.15 bits per heavy atom. The van der Waals surface area contributed by atoms with Crippen LogP contribution in [0.4, 0.5) is 0 Å². The summed E-state index contributed by atoms with van der Waals surface area (Å²) in [7, 11) is 0. The van der Waals surface area contributed by atoms with E-state index in [0.717, 1.165) is 29.9 Å². The third kappa shape index (κ3) is 4.92. The summed E-state index contributed by atoms with van der Waals surface area (Å²) in [5.74, 6) is 0.436. The molecule has 0 unspecified atom stereocenters. The van der Waals surface area contributed by atoms with Gasteiger partial charge in [0.25, 0.3) is 0 Å². The molecule has 0 aromatic carbocycles. The maximum absolute atomic E-state index is 12.3. The highest BCUT2D eigenvalue weighted by molar-refractivity contribution is 7.09. The van der Waals surface area contributed by atoms with Gasteiger partial charge in [-0.3, -0.25) is 0 Å². The van der Waals surface area contributed by atoms with Gasteiger partial charge in [0.05, 0.1) is 18.9 Å². The van der Waals surface area contributed by atoms with E-state index < -0.39 is 5.97 Å². The highest BCUT2D eigenvalue weighted by Crippen LogP contribution is 2.21. The first kappa shape index (κ1) is 18.1. The minimum absolute atomic E-state index is 0.330. The van der Waals surface area contributed by atoms with Crippen molar-refractivity contribution >= 4 is 22.9 Å². The number of allylic oxidation sites excluding steroid dienone is 5. The smallest absolute Gasteiger partial charge is 0.356 e. The summed E-state index contributed by atoms with van der Waals surface area (Å²) in [5.41, 5.74) is 2.14. The first-order valence-electron chi connectivity index (χ1n) is 8.63. The molecule has 0 atom stereocenters.